The number of benzene rings is 8. The highest BCUT2D eigenvalue weighted by atomic mass is 32.2. The van der Waals surface area contributed by atoms with E-state index in [2.05, 4.69) is 158 Å². The van der Waals surface area contributed by atoms with Gasteiger partial charge >= 0.3 is 0 Å². The summed E-state index contributed by atoms with van der Waals surface area (Å²) in [6.45, 7) is 0. The van der Waals surface area contributed by atoms with Gasteiger partial charge in [-0.25, -0.2) is 0 Å². The highest BCUT2D eigenvalue weighted by molar-refractivity contribution is 7.99. The highest BCUT2D eigenvalue weighted by Crippen LogP contribution is 2.63. The molecule has 1 spiro atoms. The fraction of sp³-hybridized carbons (Fsp3) is 0.0222. The number of hydrogen-bond donors (Lipinski definition) is 0. The van der Waals surface area contributed by atoms with Crippen LogP contribution in [0.15, 0.2) is 168 Å². The molecule has 1 unspecified atom stereocenters. The molecule has 0 radical (unpaired) electrons. The van der Waals surface area contributed by atoms with Gasteiger partial charge in [-0.2, -0.15) is 0 Å². The molecule has 212 valence electrons. The maximum absolute atomic E-state index is 2.45. The summed E-state index contributed by atoms with van der Waals surface area (Å²) in [7, 11) is 0. The normalized spacial score (nSPS) is 16.3. The van der Waals surface area contributed by atoms with Gasteiger partial charge in [-0.05, 0) is 101 Å². The van der Waals surface area contributed by atoms with Crippen LogP contribution in [0.4, 0.5) is 0 Å². The second kappa shape index (κ2) is 8.88. The summed E-state index contributed by atoms with van der Waals surface area (Å²) >= 11 is 1.89. The van der Waals surface area contributed by atoms with Gasteiger partial charge in [0, 0.05) is 15.2 Å². The van der Waals surface area contributed by atoms with Gasteiger partial charge in [0.15, 0.2) is 0 Å². The molecule has 0 fully saturated rings. The predicted octanol–water partition coefficient (Wildman–Crippen LogP) is 12.1. The average Bonchev–Trinajstić information content (AvgIpc) is 3.42. The summed E-state index contributed by atoms with van der Waals surface area (Å²) in [5.74, 6) is 0. The molecule has 11 rings (SSSR count). The second-order valence-corrected chi connectivity index (χ2v) is 13.8. The third-order valence-electron chi connectivity index (χ3n) is 10.7. The van der Waals surface area contributed by atoms with Crippen LogP contribution in [0.1, 0.15) is 22.3 Å². The third-order valence-corrected chi connectivity index (χ3v) is 11.8. The Bertz CT molecular complexity index is 2610. The molecule has 0 nitrogen and oxygen atoms in total. The van der Waals surface area contributed by atoms with Crippen molar-refractivity contribution in [2.45, 2.75) is 15.2 Å². The Morgan fingerprint density at radius 2 is 0.913 bits per heavy atom. The van der Waals surface area contributed by atoms with Crippen molar-refractivity contribution >= 4 is 33.3 Å². The summed E-state index contributed by atoms with van der Waals surface area (Å²) in [5.41, 5.74) is 15.7. The van der Waals surface area contributed by atoms with Gasteiger partial charge in [-0.1, -0.05) is 151 Å². The van der Waals surface area contributed by atoms with Crippen LogP contribution in [0.25, 0.3) is 66.1 Å². The molecule has 1 heteroatoms. The number of hydrogen-bond acceptors (Lipinski definition) is 1. The van der Waals surface area contributed by atoms with E-state index in [1.54, 1.807) is 0 Å². The van der Waals surface area contributed by atoms with Crippen molar-refractivity contribution in [1.82, 2.24) is 0 Å². The quantitative estimate of drug-likeness (QED) is 0.181. The summed E-state index contributed by atoms with van der Waals surface area (Å²) < 4.78 is 0. The van der Waals surface area contributed by atoms with Gasteiger partial charge < -0.3 is 0 Å². The molecule has 1 atom stereocenters. The zero-order valence-electron chi connectivity index (χ0n) is 24.9. The van der Waals surface area contributed by atoms with Crippen molar-refractivity contribution in [2.75, 3.05) is 0 Å². The van der Waals surface area contributed by atoms with Gasteiger partial charge in [0.25, 0.3) is 0 Å². The second-order valence-electron chi connectivity index (χ2n) is 12.8. The van der Waals surface area contributed by atoms with Crippen LogP contribution in [-0.2, 0) is 5.41 Å². The highest BCUT2D eigenvalue weighted by Gasteiger charge is 2.50. The molecule has 2 aliphatic carbocycles. The molecule has 0 amide bonds. The fourth-order valence-electron chi connectivity index (χ4n) is 8.95. The van der Waals surface area contributed by atoms with Gasteiger partial charge in [0.2, 0.25) is 0 Å². The first-order chi connectivity index (χ1) is 22.8. The molecule has 0 aromatic heterocycles. The number of rotatable bonds is 1. The standard InChI is InChI=1S/C45H26S/c1-3-19-36-31(14-1)32-17-5-10-27-12-7-21-38(42(27)32)45(36)37-20-4-2-15-34(37)44-30(16-9-22-39(44)45)29-24-25-40-35(26-29)33-18-6-11-28-13-8-23-41(46-40)43(28)33/h1-26H. The Morgan fingerprint density at radius 1 is 0.348 bits per heavy atom. The minimum Gasteiger partial charge on any atom is -0.0888 e. The third kappa shape index (κ3) is 2.97. The van der Waals surface area contributed by atoms with E-state index in [0.717, 1.165) is 0 Å². The van der Waals surface area contributed by atoms with Crippen LogP contribution < -0.4 is 0 Å². The first-order valence-electron chi connectivity index (χ1n) is 16.0. The van der Waals surface area contributed by atoms with Gasteiger partial charge in [0.05, 0.1) is 5.41 Å². The zero-order valence-corrected chi connectivity index (χ0v) is 25.7. The number of fused-ring (bicyclic) bond motifs is 11. The first kappa shape index (κ1) is 24.9. The molecular formula is C45H26S. The Hall–Kier alpha value is -5.37. The van der Waals surface area contributed by atoms with Gasteiger partial charge in [0.1, 0.15) is 0 Å². The average molecular weight is 599 g/mol. The van der Waals surface area contributed by atoms with Gasteiger partial charge in [-0.3, -0.25) is 0 Å². The summed E-state index contributed by atoms with van der Waals surface area (Å²) in [6.07, 6.45) is 0. The molecular weight excluding hydrogens is 573 g/mol. The van der Waals surface area contributed by atoms with Crippen molar-refractivity contribution in [3.63, 3.8) is 0 Å². The SMILES string of the molecule is c1ccc2c(c1)-c1c(-c3ccc4c(c3)-c3cccc5cccc(c35)S4)cccc1C21c2ccccc2-c2cccc3cccc1c23. The zero-order chi connectivity index (χ0) is 30.0. The lowest BCUT2D eigenvalue weighted by atomic mass is 9.61. The lowest BCUT2D eigenvalue weighted by Crippen LogP contribution is -2.31. The topological polar surface area (TPSA) is 0 Å². The van der Waals surface area contributed by atoms with E-state index in [1.165, 1.54) is 98.1 Å². The molecule has 1 heterocycles. The first-order valence-corrected chi connectivity index (χ1v) is 16.8. The van der Waals surface area contributed by atoms with Crippen molar-refractivity contribution in [3.05, 3.63) is 180 Å². The van der Waals surface area contributed by atoms with Crippen LogP contribution in [0.3, 0.4) is 0 Å². The molecule has 0 saturated carbocycles. The molecule has 46 heavy (non-hydrogen) atoms. The lowest BCUT2D eigenvalue weighted by Gasteiger charge is -2.40. The molecule has 8 aromatic carbocycles. The minimum atomic E-state index is -0.402. The van der Waals surface area contributed by atoms with E-state index in [1.807, 2.05) is 11.8 Å². The Morgan fingerprint density at radius 3 is 1.74 bits per heavy atom. The molecule has 0 N–H and O–H groups in total. The van der Waals surface area contributed by atoms with Crippen molar-refractivity contribution in [1.29, 1.82) is 0 Å². The Kier molecular flexibility index (Phi) is 4.80. The molecule has 1 aliphatic heterocycles. The molecule has 8 aromatic rings. The van der Waals surface area contributed by atoms with Crippen molar-refractivity contribution in [3.8, 4) is 44.5 Å². The van der Waals surface area contributed by atoms with Crippen LogP contribution >= 0.6 is 11.8 Å². The lowest BCUT2D eigenvalue weighted by molar-refractivity contribution is 0.773. The van der Waals surface area contributed by atoms with E-state index >= 15 is 0 Å². The summed E-state index contributed by atoms with van der Waals surface area (Å²) in [6, 6.07) is 59.5. The maximum atomic E-state index is 2.45. The monoisotopic (exact) mass is 598 g/mol. The van der Waals surface area contributed by atoms with Crippen molar-refractivity contribution in [2.24, 2.45) is 0 Å². The minimum absolute atomic E-state index is 0.402. The van der Waals surface area contributed by atoms with Crippen LogP contribution in [0, 0.1) is 0 Å². The van der Waals surface area contributed by atoms with Crippen LogP contribution in [0.5, 0.6) is 0 Å². The maximum Gasteiger partial charge on any atom is 0.0725 e. The Labute approximate surface area is 272 Å². The van der Waals surface area contributed by atoms with E-state index in [9.17, 15) is 0 Å². The summed E-state index contributed by atoms with van der Waals surface area (Å²) in [5, 5.41) is 5.34. The van der Waals surface area contributed by atoms with Gasteiger partial charge in [-0.15, -0.1) is 0 Å². The van der Waals surface area contributed by atoms with Crippen molar-refractivity contribution < 1.29 is 0 Å². The van der Waals surface area contributed by atoms with Crippen LogP contribution in [-0.4, -0.2) is 0 Å². The molecule has 0 bridgehead atoms. The van der Waals surface area contributed by atoms with E-state index in [-0.39, 0.29) is 0 Å². The fourth-order valence-corrected chi connectivity index (χ4v) is 10.1. The largest absolute Gasteiger partial charge is 0.0888 e. The van der Waals surface area contributed by atoms with E-state index in [4.69, 9.17) is 0 Å². The predicted molar refractivity (Wildman–Crippen MR) is 193 cm³/mol. The smallest absolute Gasteiger partial charge is 0.0725 e. The molecule has 0 saturated heterocycles. The molecule has 3 aliphatic rings. The summed E-state index contributed by atoms with van der Waals surface area (Å²) in [4.78, 5) is 2.67. The van der Waals surface area contributed by atoms with Crippen LogP contribution in [0.2, 0.25) is 0 Å². The Balaban J connectivity index is 1.23. The van der Waals surface area contributed by atoms with E-state index < -0.39 is 5.41 Å². The van der Waals surface area contributed by atoms with E-state index in [0.29, 0.717) is 0 Å².